The molecule has 1 amide bonds. The minimum atomic E-state index is 0.415. The summed E-state index contributed by atoms with van der Waals surface area (Å²) in [4.78, 5) is 17.1. The fourth-order valence-electron chi connectivity index (χ4n) is 4.28. The summed E-state index contributed by atoms with van der Waals surface area (Å²) in [6.07, 6.45) is 9.99. The van der Waals surface area contributed by atoms with Gasteiger partial charge in [0, 0.05) is 51.7 Å². The van der Waals surface area contributed by atoms with Gasteiger partial charge in [0.2, 0.25) is 5.91 Å². The van der Waals surface area contributed by atoms with E-state index in [2.05, 4.69) is 15.1 Å². The molecule has 1 N–H and O–H groups in total. The molecule has 4 heteroatoms. The summed E-state index contributed by atoms with van der Waals surface area (Å²) >= 11 is 0. The Morgan fingerprint density at radius 1 is 1.00 bits per heavy atom. The number of nitrogens with zero attached hydrogens (tertiary/aromatic N) is 2. The van der Waals surface area contributed by atoms with Gasteiger partial charge in [0.25, 0.3) is 0 Å². The Balaban J connectivity index is 1.39. The van der Waals surface area contributed by atoms with Crippen LogP contribution in [0.5, 0.6) is 0 Å². The van der Waals surface area contributed by atoms with Gasteiger partial charge < -0.3 is 10.2 Å². The molecule has 1 unspecified atom stereocenters. The van der Waals surface area contributed by atoms with Crippen LogP contribution in [-0.4, -0.2) is 61.0 Å². The van der Waals surface area contributed by atoms with Gasteiger partial charge >= 0.3 is 0 Å². The summed E-state index contributed by atoms with van der Waals surface area (Å²) in [6, 6.07) is 0.616. The number of carbonyl (C=O) groups excluding carboxylic acids is 1. The monoisotopic (exact) mass is 293 g/mol. The lowest BCUT2D eigenvalue weighted by atomic mass is 9.86. The lowest BCUT2D eigenvalue weighted by molar-refractivity contribution is -0.130. The van der Waals surface area contributed by atoms with Crippen molar-refractivity contribution in [3.05, 3.63) is 0 Å². The van der Waals surface area contributed by atoms with Crippen molar-refractivity contribution in [3.63, 3.8) is 0 Å². The molecule has 1 aliphatic carbocycles. The quantitative estimate of drug-likeness (QED) is 0.859. The second-order valence-electron chi connectivity index (χ2n) is 7.11. The third kappa shape index (κ3) is 4.19. The van der Waals surface area contributed by atoms with Crippen LogP contribution in [0.15, 0.2) is 0 Å². The van der Waals surface area contributed by atoms with Crippen LogP contribution < -0.4 is 5.32 Å². The number of likely N-dealkylation sites (tertiary alicyclic amines) is 1. The maximum atomic E-state index is 12.4. The largest absolute Gasteiger partial charge is 0.341 e. The Kier molecular flexibility index (Phi) is 5.53. The maximum Gasteiger partial charge on any atom is 0.222 e. The standard InChI is InChI=1S/C17H31N3O/c21-17(7-6-15-4-2-1-3-5-15)20-11-8-16(14-20)19-12-9-18-10-13-19/h15-16,18H,1-14H2. The molecule has 1 saturated carbocycles. The maximum absolute atomic E-state index is 12.4. The van der Waals surface area contributed by atoms with Gasteiger partial charge in [0.05, 0.1) is 0 Å². The molecule has 2 aliphatic heterocycles. The molecular formula is C17H31N3O. The smallest absolute Gasteiger partial charge is 0.222 e. The number of hydrogen-bond acceptors (Lipinski definition) is 3. The summed E-state index contributed by atoms with van der Waals surface area (Å²) in [7, 11) is 0. The van der Waals surface area contributed by atoms with Gasteiger partial charge in [-0.15, -0.1) is 0 Å². The summed E-state index contributed by atoms with van der Waals surface area (Å²) in [5, 5.41) is 3.41. The zero-order valence-corrected chi connectivity index (χ0v) is 13.4. The van der Waals surface area contributed by atoms with E-state index in [-0.39, 0.29) is 0 Å². The highest BCUT2D eigenvalue weighted by Gasteiger charge is 2.30. The predicted molar refractivity (Wildman–Crippen MR) is 85.2 cm³/mol. The van der Waals surface area contributed by atoms with Crippen molar-refractivity contribution >= 4 is 5.91 Å². The Morgan fingerprint density at radius 2 is 1.76 bits per heavy atom. The first kappa shape index (κ1) is 15.3. The van der Waals surface area contributed by atoms with E-state index >= 15 is 0 Å². The molecule has 120 valence electrons. The molecule has 0 aromatic rings. The summed E-state index contributed by atoms with van der Waals surface area (Å²) in [5.74, 6) is 1.24. The van der Waals surface area contributed by atoms with Crippen molar-refractivity contribution in [2.24, 2.45) is 5.92 Å². The van der Waals surface area contributed by atoms with E-state index in [4.69, 9.17) is 0 Å². The van der Waals surface area contributed by atoms with Gasteiger partial charge in [0.1, 0.15) is 0 Å². The average Bonchev–Trinajstić information content (AvgIpc) is 3.04. The molecule has 2 saturated heterocycles. The molecule has 0 aromatic heterocycles. The second kappa shape index (κ2) is 7.59. The van der Waals surface area contributed by atoms with Gasteiger partial charge in [0.15, 0.2) is 0 Å². The van der Waals surface area contributed by atoms with E-state index < -0.39 is 0 Å². The van der Waals surface area contributed by atoms with Crippen molar-refractivity contribution < 1.29 is 4.79 Å². The molecule has 4 nitrogen and oxygen atoms in total. The van der Waals surface area contributed by atoms with Crippen molar-refractivity contribution in [3.8, 4) is 0 Å². The molecule has 3 fully saturated rings. The second-order valence-corrected chi connectivity index (χ2v) is 7.11. The van der Waals surface area contributed by atoms with Gasteiger partial charge in [-0.2, -0.15) is 0 Å². The molecule has 0 radical (unpaired) electrons. The Hall–Kier alpha value is -0.610. The third-order valence-electron chi connectivity index (χ3n) is 5.68. The molecule has 2 heterocycles. The van der Waals surface area contributed by atoms with Crippen molar-refractivity contribution in [2.45, 2.75) is 57.4 Å². The summed E-state index contributed by atoms with van der Waals surface area (Å²) in [6.45, 7) is 6.46. The van der Waals surface area contributed by atoms with Gasteiger partial charge in [-0.1, -0.05) is 32.1 Å². The van der Waals surface area contributed by atoms with E-state index in [1.165, 1.54) is 38.5 Å². The molecule has 0 aromatic carbocycles. The SMILES string of the molecule is O=C(CCC1CCCCC1)N1CCC(N2CCNCC2)C1. The van der Waals surface area contributed by atoms with Crippen LogP contribution in [0.1, 0.15) is 51.4 Å². The normalized spacial score (nSPS) is 29.0. The highest BCUT2D eigenvalue weighted by Crippen LogP contribution is 2.28. The van der Waals surface area contributed by atoms with Crippen molar-refractivity contribution in [1.29, 1.82) is 0 Å². The van der Waals surface area contributed by atoms with Crippen molar-refractivity contribution in [2.75, 3.05) is 39.3 Å². The van der Waals surface area contributed by atoms with E-state index in [9.17, 15) is 4.79 Å². The van der Waals surface area contributed by atoms with Crippen LogP contribution in [0.2, 0.25) is 0 Å². The van der Waals surface area contributed by atoms with Crippen LogP contribution >= 0.6 is 0 Å². The van der Waals surface area contributed by atoms with Crippen molar-refractivity contribution in [1.82, 2.24) is 15.1 Å². The minimum Gasteiger partial charge on any atom is -0.341 e. The van der Waals surface area contributed by atoms with Crippen LogP contribution in [-0.2, 0) is 4.79 Å². The topological polar surface area (TPSA) is 35.6 Å². The first-order chi connectivity index (χ1) is 10.3. The highest BCUT2D eigenvalue weighted by molar-refractivity contribution is 5.76. The lowest BCUT2D eigenvalue weighted by Crippen LogP contribution is -2.49. The zero-order valence-electron chi connectivity index (χ0n) is 13.4. The molecule has 3 aliphatic rings. The fourth-order valence-corrected chi connectivity index (χ4v) is 4.28. The first-order valence-corrected chi connectivity index (χ1v) is 9.05. The van der Waals surface area contributed by atoms with E-state index in [0.717, 1.165) is 58.0 Å². The van der Waals surface area contributed by atoms with E-state index in [1.807, 2.05) is 0 Å². The highest BCUT2D eigenvalue weighted by atomic mass is 16.2. The minimum absolute atomic E-state index is 0.415. The molecule has 3 rings (SSSR count). The number of piperazine rings is 1. The van der Waals surface area contributed by atoms with Gasteiger partial charge in [-0.3, -0.25) is 9.69 Å². The summed E-state index contributed by atoms with van der Waals surface area (Å²) in [5.41, 5.74) is 0. The number of carbonyl (C=O) groups is 1. The number of rotatable bonds is 4. The van der Waals surface area contributed by atoms with Crippen LogP contribution in [0.4, 0.5) is 0 Å². The Bertz CT molecular complexity index is 335. The average molecular weight is 293 g/mol. The zero-order chi connectivity index (χ0) is 14.5. The van der Waals surface area contributed by atoms with Crippen LogP contribution in [0.25, 0.3) is 0 Å². The van der Waals surface area contributed by atoms with E-state index in [0.29, 0.717) is 11.9 Å². The number of amides is 1. The molecule has 1 atom stereocenters. The third-order valence-corrected chi connectivity index (χ3v) is 5.68. The predicted octanol–water partition coefficient (Wildman–Crippen LogP) is 1.85. The summed E-state index contributed by atoms with van der Waals surface area (Å²) < 4.78 is 0. The van der Waals surface area contributed by atoms with E-state index in [1.54, 1.807) is 0 Å². The Labute approximate surface area is 129 Å². The Morgan fingerprint density at radius 3 is 2.52 bits per heavy atom. The molecule has 21 heavy (non-hydrogen) atoms. The lowest BCUT2D eigenvalue weighted by Gasteiger charge is -2.32. The first-order valence-electron chi connectivity index (χ1n) is 9.05. The van der Waals surface area contributed by atoms with Gasteiger partial charge in [-0.05, 0) is 18.8 Å². The molecule has 0 spiro atoms. The van der Waals surface area contributed by atoms with Crippen LogP contribution in [0, 0.1) is 5.92 Å². The number of hydrogen-bond donors (Lipinski definition) is 1. The fraction of sp³-hybridized carbons (Fsp3) is 0.941. The number of nitrogens with one attached hydrogen (secondary N) is 1. The molecule has 0 bridgehead atoms. The van der Waals surface area contributed by atoms with Crippen LogP contribution in [0.3, 0.4) is 0 Å². The molecular weight excluding hydrogens is 262 g/mol. The van der Waals surface area contributed by atoms with Gasteiger partial charge in [-0.25, -0.2) is 0 Å².